The summed E-state index contributed by atoms with van der Waals surface area (Å²) >= 11 is 0. The van der Waals surface area contributed by atoms with Gasteiger partial charge in [0.25, 0.3) is 0 Å². The standard InChI is InChI=1S/C31H35NO4/c1-18(2)20-11-13-21(14-12-20)23-16-26-30(27(34)17-23)29(22-7-6-8-24(33)15-22)28(19(3)32-26)31(35)36-25-9-4-5-10-25/h6-8,11-15,18,23,25,28-29,33H,4-5,9-10,16-17H2,1-3H3. The van der Waals surface area contributed by atoms with Crippen LogP contribution in [0.2, 0.25) is 0 Å². The first-order chi connectivity index (χ1) is 17.3. The lowest BCUT2D eigenvalue weighted by atomic mass is 9.69. The number of hydrogen-bond donors (Lipinski definition) is 1. The van der Waals surface area contributed by atoms with Crippen LogP contribution in [0.1, 0.15) is 93.7 Å². The number of ketones is 1. The fourth-order valence-electron chi connectivity index (χ4n) is 6.08. The lowest BCUT2D eigenvalue weighted by Crippen LogP contribution is -2.39. The van der Waals surface area contributed by atoms with Gasteiger partial charge in [-0.2, -0.15) is 0 Å². The van der Waals surface area contributed by atoms with Crippen LogP contribution in [-0.4, -0.2) is 28.7 Å². The summed E-state index contributed by atoms with van der Waals surface area (Å²) < 4.78 is 5.92. The van der Waals surface area contributed by atoms with E-state index in [9.17, 15) is 14.7 Å². The van der Waals surface area contributed by atoms with Crippen LogP contribution in [0.5, 0.6) is 5.75 Å². The number of carbonyl (C=O) groups is 2. The molecular formula is C31H35NO4. The van der Waals surface area contributed by atoms with Crippen molar-refractivity contribution < 1.29 is 19.4 Å². The van der Waals surface area contributed by atoms with Crippen molar-refractivity contribution in [2.45, 2.75) is 83.2 Å². The molecule has 0 saturated heterocycles. The van der Waals surface area contributed by atoms with Crippen molar-refractivity contribution in [2.24, 2.45) is 10.9 Å². The number of nitrogens with zero attached hydrogens (tertiary/aromatic N) is 1. The van der Waals surface area contributed by atoms with Gasteiger partial charge in [0.15, 0.2) is 5.78 Å². The minimum Gasteiger partial charge on any atom is -0.508 e. The molecule has 1 fully saturated rings. The lowest BCUT2D eigenvalue weighted by Gasteiger charge is -2.37. The van der Waals surface area contributed by atoms with E-state index in [0.717, 1.165) is 42.5 Å². The Morgan fingerprint density at radius 3 is 2.42 bits per heavy atom. The molecule has 1 heterocycles. The lowest BCUT2D eigenvalue weighted by molar-refractivity contribution is -0.151. The number of phenolic OH excluding ortho intramolecular Hbond substituents is 1. The van der Waals surface area contributed by atoms with Gasteiger partial charge in [-0.3, -0.25) is 14.6 Å². The van der Waals surface area contributed by atoms with E-state index in [0.29, 0.717) is 30.0 Å². The van der Waals surface area contributed by atoms with Crippen LogP contribution in [0.25, 0.3) is 0 Å². The predicted octanol–water partition coefficient (Wildman–Crippen LogP) is 6.58. The number of esters is 1. The summed E-state index contributed by atoms with van der Waals surface area (Å²) in [5, 5.41) is 10.2. The van der Waals surface area contributed by atoms with Crippen molar-refractivity contribution in [3.63, 3.8) is 0 Å². The fraction of sp³-hybridized carbons (Fsp3) is 0.452. The third-order valence-corrected chi connectivity index (χ3v) is 8.03. The molecule has 1 N–H and O–H groups in total. The number of carbonyl (C=O) groups excluding carboxylic acids is 2. The summed E-state index contributed by atoms with van der Waals surface area (Å²) in [5.41, 5.74) is 5.21. The molecule has 2 aromatic carbocycles. The van der Waals surface area contributed by atoms with Crippen molar-refractivity contribution in [1.82, 2.24) is 0 Å². The average molecular weight is 486 g/mol. The molecule has 1 aliphatic heterocycles. The van der Waals surface area contributed by atoms with Gasteiger partial charge in [-0.1, -0.05) is 50.2 Å². The summed E-state index contributed by atoms with van der Waals surface area (Å²) in [6.07, 6.45) is 4.88. The zero-order valence-corrected chi connectivity index (χ0v) is 21.4. The van der Waals surface area contributed by atoms with Gasteiger partial charge in [0.2, 0.25) is 0 Å². The van der Waals surface area contributed by atoms with E-state index in [-0.39, 0.29) is 29.5 Å². The van der Waals surface area contributed by atoms with Crippen LogP contribution >= 0.6 is 0 Å². The maximum absolute atomic E-state index is 13.7. The zero-order chi connectivity index (χ0) is 25.4. The Morgan fingerprint density at radius 1 is 1.03 bits per heavy atom. The summed E-state index contributed by atoms with van der Waals surface area (Å²) in [7, 11) is 0. The maximum atomic E-state index is 13.7. The Morgan fingerprint density at radius 2 is 1.75 bits per heavy atom. The molecule has 5 nitrogen and oxygen atoms in total. The minimum atomic E-state index is -0.669. The molecule has 3 aliphatic rings. The number of ether oxygens (including phenoxy) is 1. The van der Waals surface area contributed by atoms with E-state index >= 15 is 0 Å². The van der Waals surface area contributed by atoms with E-state index in [4.69, 9.17) is 9.73 Å². The molecule has 188 valence electrons. The molecule has 0 radical (unpaired) electrons. The Labute approximate surface area is 213 Å². The van der Waals surface area contributed by atoms with Crippen LogP contribution in [0.3, 0.4) is 0 Å². The van der Waals surface area contributed by atoms with Gasteiger partial charge in [-0.05, 0) is 79.7 Å². The summed E-state index contributed by atoms with van der Waals surface area (Å²) in [6, 6.07) is 15.5. The molecular weight excluding hydrogens is 450 g/mol. The van der Waals surface area contributed by atoms with E-state index in [1.165, 1.54) is 5.56 Å². The molecule has 3 unspecified atom stereocenters. The highest BCUT2D eigenvalue weighted by Gasteiger charge is 2.45. The zero-order valence-electron chi connectivity index (χ0n) is 21.4. The Bertz CT molecular complexity index is 1220. The minimum absolute atomic E-state index is 0.0254. The predicted molar refractivity (Wildman–Crippen MR) is 140 cm³/mol. The molecule has 0 aromatic heterocycles. The van der Waals surface area contributed by atoms with Crippen LogP contribution in [-0.2, 0) is 14.3 Å². The number of benzene rings is 2. The van der Waals surface area contributed by atoms with Crippen molar-refractivity contribution in [2.75, 3.05) is 0 Å². The largest absolute Gasteiger partial charge is 0.508 e. The van der Waals surface area contributed by atoms with Crippen molar-refractivity contribution in [1.29, 1.82) is 0 Å². The Kier molecular flexibility index (Phi) is 6.83. The van der Waals surface area contributed by atoms with Crippen LogP contribution in [0.15, 0.2) is 64.8 Å². The van der Waals surface area contributed by atoms with Gasteiger partial charge in [0.05, 0.1) is 0 Å². The molecule has 5 heteroatoms. The highest BCUT2D eigenvalue weighted by Crippen LogP contribution is 2.47. The van der Waals surface area contributed by atoms with Crippen LogP contribution in [0.4, 0.5) is 0 Å². The van der Waals surface area contributed by atoms with Gasteiger partial charge < -0.3 is 9.84 Å². The smallest absolute Gasteiger partial charge is 0.315 e. The van der Waals surface area contributed by atoms with Gasteiger partial charge in [-0.25, -0.2) is 0 Å². The van der Waals surface area contributed by atoms with E-state index < -0.39 is 11.8 Å². The highest BCUT2D eigenvalue weighted by atomic mass is 16.5. The first-order valence-corrected chi connectivity index (χ1v) is 13.2. The van der Waals surface area contributed by atoms with Crippen LogP contribution < -0.4 is 0 Å². The second-order valence-corrected chi connectivity index (χ2v) is 10.9. The van der Waals surface area contributed by atoms with Crippen LogP contribution in [0, 0.1) is 5.92 Å². The van der Waals surface area contributed by atoms with Crippen molar-refractivity contribution >= 4 is 17.5 Å². The third-order valence-electron chi connectivity index (χ3n) is 8.03. The maximum Gasteiger partial charge on any atom is 0.315 e. The number of allylic oxidation sites excluding steroid dienone is 2. The molecule has 0 spiro atoms. The van der Waals surface area contributed by atoms with E-state index in [1.807, 2.05) is 13.0 Å². The number of rotatable bonds is 5. The second-order valence-electron chi connectivity index (χ2n) is 10.9. The van der Waals surface area contributed by atoms with Gasteiger partial charge in [0.1, 0.15) is 17.8 Å². The monoisotopic (exact) mass is 485 g/mol. The van der Waals surface area contributed by atoms with E-state index in [1.54, 1.807) is 18.2 Å². The number of phenols is 1. The molecule has 0 bridgehead atoms. The fourth-order valence-corrected chi connectivity index (χ4v) is 6.08. The number of Topliss-reactive ketones (excluding diaryl/α,β-unsaturated/α-hetero) is 1. The third kappa shape index (κ3) is 4.76. The molecule has 3 atom stereocenters. The highest BCUT2D eigenvalue weighted by molar-refractivity contribution is 6.09. The first kappa shape index (κ1) is 24.5. The summed E-state index contributed by atoms with van der Waals surface area (Å²) in [6.45, 7) is 6.21. The number of aromatic hydroxyl groups is 1. The molecule has 2 aliphatic carbocycles. The van der Waals surface area contributed by atoms with Gasteiger partial charge in [0, 0.05) is 29.3 Å². The Balaban J connectivity index is 1.51. The second kappa shape index (κ2) is 10.0. The SMILES string of the molecule is CC1=NC2=C(C(=O)CC(c3ccc(C(C)C)cc3)C2)C(c2cccc(O)c2)C1C(=O)OC1CCCC1. The number of hydrogen-bond acceptors (Lipinski definition) is 5. The molecule has 36 heavy (non-hydrogen) atoms. The first-order valence-electron chi connectivity index (χ1n) is 13.2. The quantitative estimate of drug-likeness (QED) is 0.486. The normalized spacial score (nSPS) is 24.6. The summed E-state index contributed by atoms with van der Waals surface area (Å²) in [5.74, 6) is -0.840. The molecule has 1 saturated carbocycles. The molecule has 0 amide bonds. The van der Waals surface area contributed by atoms with E-state index in [2.05, 4.69) is 38.1 Å². The summed E-state index contributed by atoms with van der Waals surface area (Å²) in [4.78, 5) is 32.1. The average Bonchev–Trinajstić information content (AvgIpc) is 3.36. The molecule has 2 aromatic rings. The van der Waals surface area contributed by atoms with Crippen molar-refractivity contribution in [3.8, 4) is 5.75 Å². The molecule has 5 rings (SSSR count). The topological polar surface area (TPSA) is 76.0 Å². The van der Waals surface area contributed by atoms with Crippen molar-refractivity contribution in [3.05, 3.63) is 76.5 Å². The Hall–Kier alpha value is -3.21. The number of aliphatic imine (C=N–C) groups is 1. The van der Waals surface area contributed by atoms with Gasteiger partial charge in [-0.15, -0.1) is 0 Å². The van der Waals surface area contributed by atoms with Gasteiger partial charge >= 0.3 is 5.97 Å².